The van der Waals surface area contributed by atoms with E-state index in [-0.39, 0.29) is 111 Å². The summed E-state index contributed by atoms with van der Waals surface area (Å²) in [6.07, 6.45) is 5.08. The molecule has 0 aromatic carbocycles. The van der Waals surface area contributed by atoms with Gasteiger partial charge in [0, 0.05) is 98.1 Å². The van der Waals surface area contributed by atoms with Crippen molar-refractivity contribution in [1.82, 2.24) is 0 Å². The number of hydrogen-bond acceptors (Lipinski definition) is 4. The Labute approximate surface area is 158 Å². The SMILES string of the molecule is NC(CC1[C-]=N[C-]=N1)C(=O)O.[Y].[Y].[Y]. The molecule has 3 N–H and O–H groups in total. The fourth-order valence-electron chi connectivity index (χ4n) is 0.678. The fourth-order valence-corrected chi connectivity index (χ4v) is 0.678. The molecule has 1 rings (SSSR count). The summed E-state index contributed by atoms with van der Waals surface area (Å²) >= 11 is 0. The van der Waals surface area contributed by atoms with E-state index in [1.54, 1.807) is 0 Å². The molecule has 8 heteroatoms. The third-order valence-corrected chi connectivity index (χ3v) is 1.27. The quantitative estimate of drug-likeness (QED) is 0.576. The molecule has 0 bridgehead atoms. The van der Waals surface area contributed by atoms with Gasteiger partial charge in [-0.25, -0.2) is 0 Å². The second kappa shape index (κ2) is 11.6. The molecule has 14 heavy (non-hydrogen) atoms. The van der Waals surface area contributed by atoms with Gasteiger partial charge in [-0.2, -0.15) is 0 Å². The number of nitrogens with zero attached hydrogens (tertiary/aromatic N) is 2. The topological polar surface area (TPSA) is 88.0 Å². The second-order valence-corrected chi connectivity index (χ2v) is 2.17. The van der Waals surface area contributed by atoms with Gasteiger partial charge in [0.2, 0.25) is 0 Å². The molecule has 3 radical (unpaired) electrons. The largest absolute Gasteiger partial charge is 0.660 e. The average molecular weight is 420 g/mol. The van der Waals surface area contributed by atoms with Gasteiger partial charge in [-0.3, -0.25) is 4.79 Å². The van der Waals surface area contributed by atoms with Crippen molar-refractivity contribution >= 4 is 18.5 Å². The molecule has 0 saturated heterocycles. The van der Waals surface area contributed by atoms with Gasteiger partial charge in [0.1, 0.15) is 6.04 Å². The molecule has 0 aromatic heterocycles. The first-order chi connectivity index (χ1) is 5.20. The van der Waals surface area contributed by atoms with Crippen LogP contribution in [-0.4, -0.2) is 35.7 Å². The standard InChI is InChI=1S/C6H7N3O2.3Y/c7-5(6(10)11)1-4-2-8-3-9-4;;;/h4-5H,1,7H2,(H,10,11);;;/q-2;;;. The number of carbonyl (C=O) groups is 1. The molecule has 2 atom stereocenters. The van der Waals surface area contributed by atoms with Crippen LogP contribution >= 0.6 is 0 Å². The Morgan fingerprint density at radius 1 is 1.50 bits per heavy atom. The zero-order chi connectivity index (χ0) is 8.27. The van der Waals surface area contributed by atoms with Gasteiger partial charge in [-0.15, -0.1) is 6.04 Å². The van der Waals surface area contributed by atoms with Gasteiger partial charge in [-0.1, -0.05) is 0 Å². The number of aliphatic carboxylic acids is 1. The van der Waals surface area contributed by atoms with Crippen LogP contribution in [0.1, 0.15) is 6.42 Å². The van der Waals surface area contributed by atoms with Crippen molar-refractivity contribution in [2.45, 2.75) is 18.5 Å². The molecule has 0 aromatic rings. The van der Waals surface area contributed by atoms with Crippen molar-refractivity contribution in [2.75, 3.05) is 0 Å². The first kappa shape index (κ1) is 21.4. The normalized spacial score (nSPS) is 18.8. The van der Waals surface area contributed by atoms with E-state index in [0.717, 1.165) is 0 Å². The monoisotopic (exact) mass is 420 g/mol. The number of hydrogen-bond donors (Lipinski definition) is 2. The van der Waals surface area contributed by atoms with Gasteiger partial charge in [0.25, 0.3) is 0 Å². The predicted octanol–water partition coefficient (Wildman–Crippen LogP) is -0.984. The van der Waals surface area contributed by atoms with Crippen LogP contribution in [0.25, 0.3) is 0 Å². The summed E-state index contributed by atoms with van der Waals surface area (Å²) in [6.45, 7) is 0. The molecule has 0 saturated carbocycles. The molecule has 0 spiro atoms. The number of carboxylic acid groups (broad SMARTS) is 1. The van der Waals surface area contributed by atoms with Gasteiger partial charge in [0.05, 0.1) is 0 Å². The van der Waals surface area contributed by atoms with E-state index in [4.69, 9.17) is 10.8 Å². The number of carboxylic acids is 1. The minimum Gasteiger partial charge on any atom is -0.660 e. The Kier molecular flexibility index (Phi) is 17.7. The fraction of sp³-hybridized carbons (Fsp3) is 0.500. The van der Waals surface area contributed by atoms with Crippen molar-refractivity contribution in [3.05, 3.63) is 0 Å². The minimum atomic E-state index is -1.03. The maximum Gasteiger partial charge on any atom is 0.320 e. The van der Waals surface area contributed by atoms with Crippen LogP contribution in [0.15, 0.2) is 9.98 Å². The molecule has 1 aliphatic rings. The molecule has 1 heterocycles. The molecule has 0 aliphatic carbocycles. The summed E-state index contributed by atoms with van der Waals surface area (Å²) in [5.74, 6) is -1.03. The molecule has 1 aliphatic heterocycles. The van der Waals surface area contributed by atoms with Crippen molar-refractivity contribution in [3.63, 3.8) is 0 Å². The predicted molar refractivity (Wildman–Crippen MR) is 38.9 cm³/mol. The van der Waals surface area contributed by atoms with Crippen molar-refractivity contribution < 1.29 is 108 Å². The van der Waals surface area contributed by atoms with E-state index in [0.29, 0.717) is 0 Å². The summed E-state index contributed by atoms with van der Waals surface area (Å²) in [7, 11) is 0. The Morgan fingerprint density at radius 3 is 2.43 bits per heavy atom. The van der Waals surface area contributed by atoms with E-state index >= 15 is 0 Å². The van der Waals surface area contributed by atoms with Crippen molar-refractivity contribution in [2.24, 2.45) is 15.7 Å². The molecule has 5 nitrogen and oxygen atoms in total. The number of aliphatic imine (C=N–C) groups is 2. The van der Waals surface area contributed by atoms with Crippen LogP contribution in [0.2, 0.25) is 0 Å². The van der Waals surface area contributed by atoms with E-state index in [1.165, 1.54) is 0 Å². The van der Waals surface area contributed by atoms with Crippen molar-refractivity contribution in [3.8, 4) is 0 Å². The van der Waals surface area contributed by atoms with Crippen molar-refractivity contribution in [1.29, 1.82) is 0 Å². The maximum absolute atomic E-state index is 10.2. The molecule has 2 unspecified atom stereocenters. The number of rotatable bonds is 3. The summed E-state index contributed by atoms with van der Waals surface area (Å²) in [6, 6.07) is -1.23. The summed E-state index contributed by atoms with van der Waals surface area (Å²) in [5.41, 5.74) is 5.23. The van der Waals surface area contributed by atoms with Crippen LogP contribution in [0.5, 0.6) is 0 Å². The summed E-state index contributed by atoms with van der Waals surface area (Å²) in [4.78, 5) is 17.4. The molecular weight excluding hydrogens is 413 g/mol. The van der Waals surface area contributed by atoms with Crippen LogP contribution in [0, 0.1) is 0 Å². The van der Waals surface area contributed by atoms with Crippen LogP contribution in [0.4, 0.5) is 0 Å². The first-order valence-electron chi connectivity index (χ1n) is 3.08. The molecule has 0 amide bonds. The number of nitrogens with two attached hydrogens (primary N) is 1. The van der Waals surface area contributed by atoms with Gasteiger partial charge in [-0.05, 0) is 6.42 Å². The van der Waals surface area contributed by atoms with Crippen LogP contribution in [0.3, 0.4) is 0 Å². The summed E-state index contributed by atoms with van der Waals surface area (Å²) in [5, 5.41) is 8.40. The van der Waals surface area contributed by atoms with E-state index < -0.39 is 12.0 Å². The van der Waals surface area contributed by atoms with E-state index in [1.807, 2.05) is 0 Å². The van der Waals surface area contributed by atoms with Crippen LogP contribution < -0.4 is 5.73 Å². The third kappa shape index (κ3) is 8.26. The molecule has 69 valence electrons. The van der Waals surface area contributed by atoms with Gasteiger partial charge < -0.3 is 33.4 Å². The molecule has 0 fully saturated rings. The smallest absolute Gasteiger partial charge is 0.320 e. The zero-order valence-electron chi connectivity index (χ0n) is 7.42. The maximum atomic E-state index is 10.2. The summed E-state index contributed by atoms with van der Waals surface area (Å²) < 4.78 is 0. The molecular formula is C6H7N3O2Y3-2. The Balaban J connectivity index is -0.000000403. The Bertz CT molecular complexity index is 210. The Hall–Kier alpha value is 2.08. The van der Waals surface area contributed by atoms with Gasteiger partial charge in [0.15, 0.2) is 0 Å². The van der Waals surface area contributed by atoms with E-state index in [2.05, 4.69) is 22.5 Å². The van der Waals surface area contributed by atoms with Gasteiger partial charge >= 0.3 is 5.97 Å². The second-order valence-electron chi connectivity index (χ2n) is 2.17. The first-order valence-corrected chi connectivity index (χ1v) is 3.08. The Morgan fingerprint density at radius 2 is 2.07 bits per heavy atom. The zero-order valence-corrected chi connectivity index (χ0v) is 15.9. The van der Waals surface area contributed by atoms with Crippen LogP contribution in [-0.2, 0) is 103 Å². The minimum absolute atomic E-state index is 0. The third-order valence-electron chi connectivity index (χ3n) is 1.27. The average Bonchev–Trinajstić information content (AvgIpc) is 2.39. The van der Waals surface area contributed by atoms with E-state index in [9.17, 15) is 4.79 Å².